The molecule has 0 saturated carbocycles. The fourth-order valence-electron chi connectivity index (χ4n) is 2.88. The zero-order valence-corrected chi connectivity index (χ0v) is 15.4. The molecule has 0 spiro atoms. The quantitative estimate of drug-likeness (QED) is 0.698. The van der Waals surface area contributed by atoms with E-state index in [0.717, 1.165) is 10.7 Å². The third kappa shape index (κ3) is 3.69. The summed E-state index contributed by atoms with van der Waals surface area (Å²) in [5.74, 6) is -0.190. The number of anilines is 2. The average Bonchev–Trinajstić information content (AvgIpc) is 3.00. The maximum atomic E-state index is 13.2. The Morgan fingerprint density at radius 2 is 2.07 bits per heavy atom. The van der Waals surface area contributed by atoms with Gasteiger partial charge in [0, 0.05) is 25.0 Å². The Bertz CT molecular complexity index is 1090. The van der Waals surface area contributed by atoms with Crippen LogP contribution in [0, 0.1) is 5.82 Å². The van der Waals surface area contributed by atoms with Gasteiger partial charge in [-0.3, -0.25) is 4.79 Å². The molecule has 3 aromatic rings. The molecular formula is C17H16ClFN6O3. The van der Waals surface area contributed by atoms with Crippen LogP contribution in [0.3, 0.4) is 0 Å². The van der Waals surface area contributed by atoms with Crippen LogP contribution in [-0.4, -0.2) is 51.4 Å². The highest BCUT2D eigenvalue weighted by molar-refractivity contribution is 6.31. The van der Waals surface area contributed by atoms with Gasteiger partial charge in [-0.25, -0.2) is 18.3 Å². The van der Waals surface area contributed by atoms with E-state index in [0.29, 0.717) is 37.8 Å². The molecule has 0 bridgehead atoms. The normalized spacial score (nSPS) is 14.4. The molecule has 1 aromatic carbocycles. The molecule has 28 heavy (non-hydrogen) atoms. The highest BCUT2D eigenvalue weighted by Gasteiger charge is 2.16. The van der Waals surface area contributed by atoms with E-state index in [1.807, 2.05) is 4.90 Å². The number of carbonyl (C=O) groups excluding carboxylic acids is 1. The molecule has 9 nitrogen and oxygen atoms in total. The minimum absolute atomic E-state index is 0.109. The van der Waals surface area contributed by atoms with E-state index in [9.17, 15) is 14.0 Å². The third-order valence-electron chi connectivity index (χ3n) is 4.27. The molecule has 1 aliphatic rings. The molecule has 3 heterocycles. The minimum Gasteiger partial charge on any atom is -0.378 e. The number of amides is 1. The molecule has 1 N–H and O–H groups in total. The van der Waals surface area contributed by atoms with Crippen LogP contribution < -0.4 is 15.9 Å². The van der Waals surface area contributed by atoms with Crippen molar-refractivity contribution in [2.75, 3.05) is 36.5 Å². The number of fused-ring (bicyclic) bond motifs is 1. The summed E-state index contributed by atoms with van der Waals surface area (Å²) in [5.41, 5.74) is -0.163. The molecule has 1 aliphatic heterocycles. The molecule has 2 aromatic heterocycles. The number of ether oxygens (including phenoxy) is 1. The summed E-state index contributed by atoms with van der Waals surface area (Å²) in [5, 5.41) is 6.58. The number of hydrogen-bond donors (Lipinski definition) is 1. The molecular weight excluding hydrogens is 391 g/mol. The summed E-state index contributed by atoms with van der Waals surface area (Å²) in [4.78, 5) is 31.1. The molecule has 0 atom stereocenters. The third-order valence-corrected chi connectivity index (χ3v) is 4.56. The summed E-state index contributed by atoms with van der Waals surface area (Å²) >= 11 is 5.70. The lowest BCUT2D eigenvalue weighted by atomic mass is 10.3. The van der Waals surface area contributed by atoms with Crippen LogP contribution in [0.2, 0.25) is 5.02 Å². The van der Waals surface area contributed by atoms with E-state index >= 15 is 0 Å². The molecule has 1 fully saturated rings. The average molecular weight is 407 g/mol. The highest BCUT2D eigenvalue weighted by atomic mass is 35.5. The Hall–Kier alpha value is -2.98. The van der Waals surface area contributed by atoms with Crippen molar-refractivity contribution in [3.63, 3.8) is 0 Å². The number of rotatable bonds is 4. The monoisotopic (exact) mass is 406 g/mol. The summed E-state index contributed by atoms with van der Waals surface area (Å²) < 4.78 is 20.8. The first kappa shape index (κ1) is 18.4. The molecule has 0 aliphatic carbocycles. The number of hydrogen-bond acceptors (Lipinski definition) is 6. The van der Waals surface area contributed by atoms with Gasteiger partial charge >= 0.3 is 5.69 Å². The van der Waals surface area contributed by atoms with Crippen molar-refractivity contribution in [2.24, 2.45) is 0 Å². The fourth-order valence-corrected chi connectivity index (χ4v) is 3.06. The Kier molecular flexibility index (Phi) is 4.97. The second-order valence-electron chi connectivity index (χ2n) is 6.17. The lowest BCUT2D eigenvalue weighted by Crippen LogP contribution is -2.36. The number of halogens is 2. The van der Waals surface area contributed by atoms with Gasteiger partial charge in [0.2, 0.25) is 5.91 Å². The van der Waals surface area contributed by atoms with Gasteiger partial charge in [-0.2, -0.15) is 4.98 Å². The van der Waals surface area contributed by atoms with Crippen LogP contribution in [0.15, 0.2) is 35.3 Å². The Morgan fingerprint density at radius 3 is 2.82 bits per heavy atom. The molecule has 11 heteroatoms. The Morgan fingerprint density at radius 1 is 1.29 bits per heavy atom. The van der Waals surface area contributed by atoms with E-state index < -0.39 is 17.4 Å². The lowest BCUT2D eigenvalue weighted by Gasteiger charge is -2.27. The summed E-state index contributed by atoms with van der Waals surface area (Å²) in [6.07, 6.45) is 1.58. The number of benzene rings is 1. The number of nitrogens with zero attached hydrogens (tertiary/aromatic N) is 5. The molecule has 0 unspecified atom stereocenters. The summed E-state index contributed by atoms with van der Waals surface area (Å²) in [6.45, 7) is 2.32. The molecule has 4 rings (SSSR count). The van der Waals surface area contributed by atoms with Crippen LogP contribution in [0.1, 0.15) is 0 Å². The highest BCUT2D eigenvalue weighted by Crippen LogP contribution is 2.19. The largest absolute Gasteiger partial charge is 0.378 e. The van der Waals surface area contributed by atoms with Crippen LogP contribution in [-0.2, 0) is 16.1 Å². The van der Waals surface area contributed by atoms with Crippen LogP contribution >= 0.6 is 11.6 Å². The van der Waals surface area contributed by atoms with Crippen molar-refractivity contribution in [3.05, 3.63) is 51.8 Å². The number of nitrogens with one attached hydrogen (secondary N) is 1. The number of aromatic nitrogens is 4. The zero-order valence-electron chi connectivity index (χ0n) is 14.6. The zero-order chi connectivity index (χ0) is 19.7. The van der Waals surface area contributed by atoms with Crippen molar-refractivity contribution in [3.8, 4) is 0 Å². The predicted octanol–water partition coefficient (Wildman–Crippen LogP) is 1.16. The van der Waals surface area contributed by atoms with E-state index in [1.54, 1.807) is 12.3 Å². The van der Waals surface area contributed by atoms with E-state index in [2.05, 4.69) is 15.4 Å². The summed E-state index contributed by atoms with van der Waals surface area (Å²) in [6, 6.07) is 5.54. The van der Waals surface area contributed by atoms with E-state index in [-0.39, 0.29) is 17.3 Å². The first-order chi connectivity index (χ1) is 13.5. The van der Waals surface area contributed by atoms with Crippen molar-refractivity contribution in [1.29, 1.82) is 0 Å². The molecule has 146 valence electrons. The molecule has 1 amide bonds. The standard InChI is InChI=1S/C17H16ClFN6O3/c18-12-9-11(1-2-13(12)19)20-15(26)10-25-17(27)24-4-3-14(21-16(24)22-25)23-5-7-28-8-6-23/h1-4,9H,5-8,10H2,(H,20,26). The van der Waals surface area contributed by atoms with Crippen molar-refractivity contribution >= 4 is 34.8 Å². The van der Waals surface area contributed by atoms with Crippen LogP contribution in [0.4, 0.5) is 15.9 Å². The van der Waals surface area contributed by atoms with E-state index in [1.165, 1.54) is 16.5 Å². The van der Waals surface area contributed by atoms with Gasteiger partial charge in [0.15, 0.2) is 0 Å². The predicted molar refractivity (Wildman–Crippen MR) is 100 cm³/mol. The van der Waals surface area contributed by atoms with Gasteiger partial charge in [-0.15, -0.1) is 5.10 Å². The fraction of sp³-hybridized carbons (Fsp3) is 0.294. The van der Waals surface area contributed by atoms with Crippen molar-refractivity contribution in [1.82, 2.24) is 19.2 Å². The van der Waals surface area contributed by atoms with Gasteiger partial charge < -0.3 is 15.0 Å². The smallest absolute Gasteiger partial charge is 0.352 e. The maximum absolute atomic E-state index is 13.2. The topological polar surface area (TPSA) is 93.8 Å². The number of carbonyl (C=O) groups is 1. The van der Waals surface area contributed by atoms with Crippen molar-refractivity contribution in [2.45, 2.75) is 6.54 Å². The minimum atomic E-state index is -0.585. The van der Waals surface area contributed by atoms with Crippen molar-refractivity contribution < 1.29 is 13.9 Å². The van der Waals surface area contributed by atoms with Crippen LogP contribution in [0.25, 0.3) is 5.78 Å². The first-order valence-corrected chi connectivity index (χ1v) is 8.93. The van der Waals surface area contributed by atoms with Gasteiger partial charge in [-0.05, 0) is 24.3 Å². The lowest BCUT2D eigenvalue weighted by molar-refractivity contribution is -0.117. The van der Waals surface area contributed by atoms with Gasteiger partial charge in [0.1, 0.15) is 18.2 Å². The van der Waals surface area contributed by atoms with Gasteiger partial charge in [0.25, 0.3) is 5.78 Å². The van der Waals surface area contributed by atoms with E-state index in [4.69, 9.17) is 16.3 Å². The second kappa shape index (κ2) is 7.56. The van der Waals surface area contributed by atoms with Gasteiger partial charge in [0.05, 0.1) is 18.2 Å². The Labute approximate surface area is 163 Å². The second-order valence-corrected chi connectivity index (χ2v) is 6.58. The molecule has 0 radical (unpaired) electrons. The molecule has 1 saturated heterocycles. The first-order valence-electron chi connectivity index (χ1n) is 8.55. The Balaban J connectivity index is 1.53. The number of morpholine rings is 1. The maximum Gasteiger partial charge on any atom is 0.352 e. The summed E-state index contributed by atoms with van der Waals surface area (Å²) in [7, 11) is 0. The van der Waals surface area contributed by atoms with Gasteiger partial charge in [-0.1, -0.05) is 11.6 Å². The SMILES string of the molecule is O=C(Cn1nc2nc(N3CCOCC3)ccn2c1=O)Nc1ccc(F)c(Cl)c1. The van der Waals surface area contributed by atoms with Crippen LogP contribution in [0.5, 0.6) is 0 Å².